The van der Waals surface area contributed by atoms with Crippen LogP contribution in [0.3, 0.4) is 0 Å². The molecular formula is C8H6N2O2S. The number of carboxylic acid groups (broad SMARTS) is 1. The molecule has 0 amide bonds. The maximum absolute atomic E-state index is 10.7. The predicted octanol–water partition coefficient (Wildman–Crippen LogP) is 1.70. The van der Waals surface area contributed by atoms with E-state index in [1.165, 1.54) is 17.5 Å². The molecule has 5 heteroatoms. The van der Waals surface area contributed by atoms with Crippen LogP contribution in [0.4, 0.5) is 0 Å². The maximum atomic E-state index is 10.7. The lowest BCUT2D eigenvalue weighted by Crippen LogP contribution is -2.00. The van der Waals surface area contributed by atoms with Crippen LogP contribution in [0.5, 0.6) is 0 Å². The van der Waals surface area contributed by atoms with Gasteiger partial charge in [-0.25, -0.2) is 14.8 Å². The van der Waals surface area contributed by atoms with Crippen molar-refractivity contribution in [2.45, 2.75) is 6.92 Å². The molecule has 4 nitrogen and oxygen atoms in total. The number of rotatable bonds is 1. The summed E-state index contributed by atoms with van der Waals surface area (Å²) in [4.78, 5) is 19.6. The molecule has 2 rings (SSSR count). The zero-order valence-corrected chi connectivity index (χ0v) is 7.63. The van der Waals surface area contributed by atoms with Crippen molar-refractivity contribution >= 4 is 27.7 Å². The van der Waals surface area contributed by atoms with Gasteiger partial charge in [0.25, 0.3) is 0 Å². The fraction of sp³-hybridized carbons (Fsp3) is 0.125. The van der Waals surface area contributed by atoms with Crippen molar-refractivity contribution < 1.29 is 9.90 Å². The quantitative estimate of drug-likeness (QED) is 0.750. The van der Waals surface area contributed by atoms with Gasteiger partial charge in [0.05, 0.1) is 11.1 Å². The number of hydrogen-bond donors (Lipinski definition) is 1. The molecule has 66 valence electrons. The highest BCUT2D eigenvalue weighted by Gasteiger charge is 2.11. The van der Waals surface area contributed by atoms with E-state index in [4.69, 9.17) is 5.11 Å². The van der Waals surface area contributed by atoms with Gasteiger partial charge in [-0.15, -0.1) is 11.3 Å². The second-order valence-electron chi connectivity index (χ2n) is 2.61. The van der Waals surface area contributed by atoms with Crippen LogP contribution in [-0.4, -0.2) is 21.0 Å². The van der Waals surface area contributed by atoms with Crippen LogP contribution in [-0.2, 0) is 0 Å². The third-order valence-electron chi connectivity index (χ3n) is 1.85. The minimum atomic E-state index is -0.958. The summed E-state index contributed by atoms with van der Waals surface area (Å²) in [6, 6.07) is 0. The van der Waals surface area contributed by atoms with Crippen LogP contribution in [0.15, 0.2) is 11.7 Å². The van der Waals surface area contributed by atoms with E-state index in [0.717, 1.165) is 4.83 Å². The number of thiazole rings is 1. The molecule has 1 N–H and O–H groups in total. The largest absolute Gasteiger partial charge is 0.478 e. The average molecular weight is 194 g/mol. The van der Waals surface area contributed by atoms with Gasteiger partial charge in [0, 0.05) is 6.20 Å². The SMILES string of the molecule is Cc1c(C(=O)O)cnc2scnc12. The minimum Gasteiger partial charge on any atom is -0.478 e. The number of nitrogens with zero attached hydrogens (tertiary/aromatic N) is 2. The highest BCUT2D eigenvalue weighted by Crippen LogP contribution is 2.20. The van der Waals surface area contributed by atoms with Gasteiger partial charge in [-0.3, -0.25) is 0 Å². The number of pyridine rings is 1. The Hall–Kier alpha value is -1.49. The molecule has 0 radical (unpaired) electrons. The maximum Gasteiger partial charge on any atom is 0.337 e. The van der Waals surface area contributed by atoms with Gasteiger partial charge in [0.1, 0.15) is 10.3 Å². The van der Waals surface area contributed by atoms with Crippen molar-refractivity contribution in [2.24, 2.45) is 0 Å². The summed E-state index contributed by atoms with van der Waals surface area (Å²) in [5.74, 6) is -0.958. The lowest BCUT2D eigenvalue weighted by Gasteiger charge is -1.98. The van der Waals surface area contributed by atoms with Crippen LogP contribution >= 0.6 is 11.3 Å². The molecule has 0 saturated carbocycles. The van der Waals surface area contributed by atoms with Crippen molar-refractivity contribution in [3.63, 3.8) is 0 Å². The number of carbonyl (C=O) groups is 1. The molecule has 13 heavy (non-hydrogen) atoms. The molecule has 0 aromatic carbocycles. The zero-order valence-electron chi connectivity index (χ0n) is 6.81. The van der Waals surface area contributed by atoms with E-state index in [0.29, 0.717) is 11.1 Å². The van der Waals surface area contributed by atoms with E-state index < -0.39 is 5.97 Å². The number of aryl methyl sites for hydroxylation is 1. The van der Waals surface area contributed by atoms with E-state index in [1.54, 1.807) is 12.4 Å². The fourth-order valence-corrected chi connectivity index (χ4v) is 1.84. The average Bonchev–Trinajstić information content (AvgIpc) is 2.52. The Morgan fingerprint density at radius 3 is 3.00 bits per heavy atom. The summed E-state index contributed by atoms with van der Waals surface area (Å²) in [5, 5.41) is 8.80. The number of aromatic nitrogens is 2. The first kappa shape index (κ1) is 8.12. The highest BCUT2D eigenvalue weighted by atomic mass is 32.1. The molecule has 0 spiro atoms. The first-order chi connectivity index (χ1) is 6.20. The fourth-order valence-electron chi connectivity index (χ4n) is 1.15. The third kappa shape index (κ3) is 1.17. The number of hydrogen-bond acceptors (Lipinski definition) is 4. The second-order valence-corrected chi connectivity index (χ2v) is 3.44. The Labute approximate surface area is 77.9 Å². The van der Waals surface area contributed by atoms with Crippen LogP contribution < -0.4 is 0 Å². The monoisotopic (exact) mass is 194 g/mol. The summed E-state index contributed by atoms with van der Waals surface area (Å²) < 4.78 is 0. The number of aromatic carboxylic acids is 1. The molecular weight excluding hydrogens is 188 g/mol. The summed E-state index contributed by atoms with van der Waals surface area (Å²) in [6.45, 7) is 1.74. The van der Waals surface area contributed by atoms with Crippen molar-refractivity contribution in [1.29, 1.82) is 0 Å². The summed E-state index contributed by atoms with van der Waals surface area (Å²) in [7, 11) is 0. The first-order valence-electron chi connectivity index (χ1n) is 3.62. The van der Waals surface area contributed by atoms with Crippen molar-refractivity contribution in [3.8, 4) is 0 Å². The van der Waals surface area contributed by atoms with Gasteiger partial charge in [0.2, 0.25) is 0 Å². The summed E-state index contributed by atoms with van der Waals surface area (Å²) >= 11 is 1.41. The molecule has 0 atom stereocenters. The van der Waals surface area contributed by atoms with E-state index in [9.17, 15) is 4.79 Å². The molecule has 0 aliphatic heterocycles. The lowest BCUT2D eigenvalue weighted by molar-refractivity contribution is 0.0696. The third-order valence-corrected chi connectivity index (χ3v) is 2.58. The summed E-state index contributed by atoms with van der Waals surface area (Å²) in [6.07, 6.45) is 1.37. The molecule has 0 saturated heterocycles. The molecule has 2 heterocycles. The molecule has 2 aromatic heterocycles. The van der Waals surface area contributed by atoms with E-state index in [1.807, 2.05) is 0 Å². The van der Waals surface area contributed by atoms with E-state index in [-0.39, 0.29) is 5.56 Å². The molecule has 2 aromatic rings. The number of carboxylic acids is 1. The van der Waals surface area contributed by atoms with Gasteiger partial charge in [-0.1, -0.05) is 0 Å². The Bertz CT molecular complexity index is 478. The Morgan fingerprint density at radius 2 is 2.31 bits per heavy atom. The van der Waals surface area contributed by atoms with Crippen molar-refractivity contribution in [1.82, 2.24) is 9.97 Å². The van der Waals surface area contributed by atoms with Gasteiger partial charge in [0.15, 0.2) is 0 Å². The Morgan fingerprint density at radius 1 is 1.54 bits per heavy atom. The zero-order chi connectivity index (χ0) is 9.42. The second kappa shape index (κ2) is 2.77. The highest BCUT2D eigenvalue weighted by molar-refractivity contribution is 7.16. The van der Waals surface area contributed by atoms with Gasteiger partial charge in [-0.05, 0) is 12.5 Å². The van der Waals surface area contributed by atoms with Crippen molar-refractivity contribution in [2.75, 3.05) is 0 Å². The van der Waals surface area contributed by atoms with E-state index in [2.05, 4.69) is 9.97 Å². The molecule has 0 unspecified atom stereocenters. The molecule has 0 aliphatic rings. The van der Waals surface area contributed by atoms with Crippen LogP contribution in [0.1, 0.15) is 15.9 Å². The Kier molecular flexibility index (Phi) is 1.73. The molecule has 0 fully saturated rings. The summed E-state index contributed by atoms with van der Waals surface area (Å²) in [5.41, 5.74) is 3.25. The van der Waals surface area contributed by atoms with Crippen LogP contribution in [0.25, 0.3) is 10.3 Å². The normalized spacial score (nSPS) is 10.5. The topological polar surface area (TPSA) is 63.1 Å². The smallest absolute Gasteiger partial charge is 0.337 e. The minimum absolute atomic E-state index is 0.221. The van der Waals surface area contributed by atoms with Crippen LogP contribution in [0, 0.1) is 6.92 Å². The standard InChI is InChI=1S/C8H6N2O2S/c1-4-5(8(11)12)2-9-7-6(4)10-3-13-7/h2-3H,1H3,(H,11,12). The Balaban J connectivity index is 2.80. The van der Waals surface area contributed by atoms with Crippen molar-refractivity contribution in [3.05, 3.63) is 22.8 Å². The van der Waals surface area contributed by atoms with Gasteiger partial charge in [-0.2, -0.15) is 0 Å². The first-order valence-corrected chi connectivity index (χ1v) is 4.50. The van der Waals surface area contributed by atoms with Crippen LogP contribution in [0.2, 0.25) is 0 Å². The lowest BCUT2D eigenvalue weighted by atomic mass is 10.1. The molecule has 0 bridgehead atoms. The predicted molar refractivity (Wildman–Crippen MR) is 49.1 cm³/mol. The van der Waals surface area contributed by atoms with Gasteiger partial charge < -0.3 is 5.11 Å². The number of fused-ring (bicyclic) bond motifs is 1. The van der Waals surface area contributed by atoms with Gasteiger partial charge >= 0.3 is 5.97 Å². The van der Waals surface area contributed by atoms with E-state index >= 15 is 0 Å². The molecule has 0 aliphatic carbocycles.